The first-order valence-electron chi connectivity index (χ1n) is 6.19. The normalized spacial score (nSPS) is 13.8. The van der Waals surface area contributed by atoms with Crippen LogP contribution >= 0.6 is 0 Å². The fourth-order valence-corrected chi connectivity index (χ4v) is 1.31. The Morgan fingerprint density at radius 2 is 1.63 bits per heavy atom. The molecule has 0 heterocycles. The minimum atomic E-state index is -1.59. The Morgan fingerprint density at radius 1 is 1.05 bits per heavy atom. The van der Waals surface area contributed by atoms with Crippen LogP contribution < -0.4 is 0 Å². The number of Topliss-reactive ketones (excluding diaryl/α,β-unsaturated/α-hetero) is 1. The van der Waals surface area contributed by atoms with Gasteiger partial charge in [-0.3, -0.25) is 14.4 Å². The van der Waals surface area contributed by atoms with Crippen LogP contribution in [-0.4, -0.2) is 43.6 Å². The maximum absolute atomic E-state index is 12.0. The second kappa shape index (κ2) is 7.89. The Kier molecular flexibility index (Phi) is 7.29. The van der Waals surface area contributed by atoms with Crippen LogP contribution in [0.25, 0.3) is 0 Å². The molecule has 0 aliphatic carbocycles. The molecule has 0 N–H and O–H groups in total. The Balaban J connectivity index is 5.15. The van der Waals surface area contributed by atoms with Gasteiger partial charge in [0.25, 0.3) is 0 Å². The topological polar surface area (TPSA) is 78.9 Å². The van der Waals surface area contributed by atoms with E-state index in [1.54, 1.807) is 20.8 Å². The lowest BCUT2D eigenvalue weighted by atomic mass is 9.85. The summed E-state index contributed by atoms with van der Waals surface area (Å²) >= 11 is 0. The second-order valence-corrected chi connectivity index (χ2v) is 4.50. The van der Waals surface area contributed by atoms with Crippen molar-refractivity contribution in [1.82, 2.24) is 0 Å². The first-order valence-corrected chi connectivity index (χ1v) is 6.19. The number of esters is 2. The zero-order valence-electron chi connectivity index (χ0n) is 12.1. The Bertz CT molecular complexity index is 336. The summed E-state index contributed by atoms with van der Waals surface area (Å²) in [5.41, 5.74) is -1.59. The summed E-state index contributed by atoms with van der Waals surface area (Å²) < 4.78 is 15.1. The second-order valence-electron chi connectivity index (χ2n) is 4.50. The van der Waals surface area contributed by atoms with Gasteiger partial charge in [0, 0.05) is 6.92 Å². The van der Waals surface area contributed by atoms with Crippen LogP contribution in [0.4, 0.5) is 0 Å². The molecule has 110 valence electrons. The quantitative estimate of drug-likeness (QED) is 0.487. The zero-order chi connectivity index (χ0) is 15.1. The fraction of sp³-hybridized carbons (Fsp3) is 0.769. The van der Waals surface area contributed by atoms with Gasteiger partial charge in [-0.1, -0.05) is 0 Å². The van der Waals surface area contributed by atoms with Crippen molar-refractivity contribution in [2.75, 3.05) is 19.8 Å². The summed E-state index contributed by atoms with van der Waals surface area (Å²) in [6.45, 7) is 7.25. The van der Waals surface area contributed by atoms with E-state index >= 15 is 0 Å². The van der Waals surface area contributed by atoms with Gasteiger partial charge in [0.05, 0.1) is 19.3 Å². The number of hydrogen-bond acceptors (Lipinski definition) is 6. The summed E-state index contributed by atoms with van der Waals surface area (Å²) in [5.74, 6) is -1.75. The highest BCUT2D eigenvalue weighted by atomic mass is 16.6. The number of ether oxygens (including phenoxy) is 3. The van der Waals surface area contributed by atoms with Gasteiger partial charge in [0.2, 0.25) is 0 Å². The molecule has 1 unspecified atom stereocenters. The number of ketones is 1. The molecule has 19 heavy (non-hydrogen) atoms. The van der Waals surface area contributed by atoms with Crippen LogP contribution in [0.15, 0.2) is 0 Å². The van der Waals surface area contributed by atoms with Crippen LogP contribution in [0.3, 0.4) is 0 Å². The van der Waals surface area contributed by atoms with Crippen molar-refractivity contribution in [2.45, 2.75) is 40.7 Å². The summed E-state index contributed by atoms with van der Waals surface area (Å²) in [5, 5.41) is 0. The van der Waals surface area contributed by atoms with E-state index in [4.69, 9.17) is 14.2 Å². The summed E-state index contributed by atoms with van der Waals surface area (Å²) in [6.07, 6.45) is -0.162. The minimum Gasteiger partial charge on any atom is -0.465 e. The highest BCUT2D eigenvalue weighted by Crippen LogP contribution is 2.23. The maximum Gasteiger partial charge on any atom is 0.325 e. The molecule has 0 radical (unpaired) electrons. The number of hydrogen-bond donors (Lipinski definition) is 0. The first-order chi connectivity index (χ1) is 8.76. The molecule has 0 rings (SSSR count). The van der Waals surface area contributed by atoms with Gasteiger partial charge in [-0.25, -0.2) is 0 Å². The van der Waals surface area contributed by atoms with Gasteiger partial charge in [-0.2, -0.15) is 0 Å². The summed E-state index contributed by atoms with van der Waals surface area (Å²) in [6, 6.07) is 0. The molecular formula is C13H22O6. The Labute approximate surface area is 113 Å². The summed E-state index contributed by atoms with van der Waals surface area (Å²) in [7, 11) is 0. The lowest BCUT2D eigenvalue weighted by molar-refractivity contribution is -0.172. The van der Waals surface area contributed by atoms with Gasteiger partial charge in [-0.05, 0) is 27.7 Å². The molecule has 0 aromatic carbocycles. The minimum absolute atomic E-state index is 0.135. The molecular weight excluding hydrogens is 252 g/mol. The van der Waals surface area contributed by atoms with Crippen LogP contribution in [0, 0.1) is 5.41 Å². The Hall–Kier alpha value is -1.43. The first kappa shape index (κ1) is 17.6. The molecule has 6 nitrogen and oxygen atoms in total. The van der Waals surface area contributed by atoms with Crippen molar-refractivity contribution in [3.8, 4) is 0 Å². The van der Waals surface area contributed by atoms with Crippen LogP contribution in [0.1, 0.15) is 34.6 Å². The van der Waals surface area contributed by atoms with E-state index in [1.807, 2.05) is 0 Å². The highest BCUT2D eigenvalue weighted by Gasteiger charge is 2.47. The zero-order valence-corrected chi connectivity index (χ0v) is 12.1. The lowest BCUT2D eigenvalue weighted by Gasteiger charge is -2.28. The van der Waals surface area contributed by atoms with E-state index in [0.29, 0.717) is 0 Å². The lowest BCUT2D eigenvalue weighted by Crippen LogP contribution is -2.48. The van der Waals surface area contributed by atoms with E-state index in [1.165, 1.54) is 13.8 Å². The maximum atomic E-state index is 12.0. The molecule has 0 fully saturated rings. The molecule has 0 amide bonds. The van der Waals surface area contributed by atoms with E-state index in [9.17, 15) is 14.4 Å². The monoisotopic (exact) mass is 274 g/mol. The van der Waals surface area contributed by atoms with Crippen molar-refractivity contribution < 1.29 is 28.6 Å². The number of rotatable bonds is 8. The van der Waals surface area contributed by atoms with Crippen LogP contribution in [-0.2, 0) is 28.6 Å². The molecule has 0 aliphatic rings. The molecule has 0 aromatic heterocycles. The molecule has 0 saturated heterocycles. The fourth-order valence-electron chi connectivity index (χ4n) is 1.31. The molecule has 0 spiro atoms. The number of carbonyl (C=O) groups is 3. The molecule has 0 aliphatic heterocycles. The van der Waals surface area contributed by atoms with Crippen molar-refractivity contribution in [3.05, 3.63) is 0 Å². The van der Waals surface area contributed by atoms with E-state index in [2.05, 4.69) is 0 Å². The SMILES string of the molecule is CCOC(=O)C(COC(C)=O)(COC(C)C)C(C)=O. The molecule has 0 aromatic rings. The summed E-state index contributed by atoms with van der Waals surface area (Å²) in [4.78, 5) is 34.8. The molecule has 0 bridgehead atoms. The van der Waals surface area contributed by atoms with Crippen molar-refractivity contribution in [1.29, 1.82) is 0 Å². The third-order valence-corrected chi connectivity index (χ3v) is 2.52. The van der Waals surface area contributed by atoms with Crippen molar-refractivity contribution in [2.24, 2.45) is 5.41 Å². The standard InChI is InChI=1S/C13H22O6/c1-6-17-12(16)13(10(4)14,7-18-9(2)3)8-19-11(5)15/h9H,6-8H2,1-5H3. The van der Waals surface area contributed by atoms with E-state index in [0.717, 1.165) is 0 Å². The van der Waals surface area contributed by atoms with E-state index in [-0.39, 0.29) is 25.9 Å². The van der Waals surface area contributed by atoms with Crippen LogP contribution in [0.2, 0.25) is 0 Å². The molecule has 1 atom stereocenters. The van der Waals surface area contributed by atoms with E-state index < -0.39 is 23.1 Å². The largest absolute Gasteiger partial charge is 0.465 e. The third kappa shape index (κ3) is 5.38. The van der Waals surface area contributed by atoms with Gasteiger partial charge < -0.3 is 14.2 Å². The number of carbonyl (C=O) groups excluding carboxylic acids is 3. The van der Waals surface area contributed by atoms with Gasteiger partial charge in [0.15, 0.2) is 11.2 Å². The van der Waals surface area contributed by atoms with Gasteiger partial charge >= 0.3 is 11.9 Å². The molecule has 0 saturated carbocycles. The smallest absolute Gasteiger partial charge is 0.325 e. The molecule has 6 heteroatoms. The third-order valence-electron chi connectivity index (χ3n) is 2.52. The predicted molar refractivity (Wildman–Crippen MR) is 67.5 cm³/mol. The average Bonchev–Trinajstić information content (AvgIpc) is 2.28. The highest BCUT2D eigenvalue weighted by molar-refractivity contribution is 6.03. The average molecular weight is 274 g/mol. The Morgan fingerprint density at radius 3 is 2.00 bits per heavy atom. The van der Waals surface area contributed by atoms with Crippen LogP contribution in [0.5, 0.6) is 0 Å². The van der Waals surface area contributed by atoms with Gasteiger partial charge in [-0.15, -0.1) is 0 Å². The van der Waals surface area contributed by atoms with Gasteiger partial charge in [0.1, 0.15) is 6.61 Å². The predicted octanol–water partition coefficient (Wildman–Crippen LogP) is 1.11. The van der Waals surface area contributed by atoms with Crippen molar-refractivity contribution >= 4 is 17.7 Å². The van der Waals surface area contributed by atoms with Crippen molar-refractivity contribution in [3.63, 3.8) is 0 Å².